The van der Waals surface area contributed by atoms with Crippen LogP contribution in [0.3, 0.4) is 0 Å². The molecule has 0 aromatic carbocycles. The molecule has 0 saturated heterocycles. The first-order chi connectivity index (χ1) is 5.69. The van der Waals surface area contributed by atoms with E-state index in [2.05, 4.69) is 25.8 Å². The maximum absolute atomic E-state index is 2.57. The highest BCUT2D eigenvalue weighted by molar-refractivity contribution is 4.88. The van der Waals surface area contributed by atoms with Gasteiger partial charge in [0.15, 0.2) is 0 Å². The summed E-state index contributed by atoms with van der Waals surface area (Å²) in [4.78, 5) is 2.57. The highest BCUT2D eigenvalue weighted by Gasteiger charge is 2.31. The lowest BCUT2D eigenvalue weighted by Gasteiger charge is -2.35. The summed E-state index contributed by atoms with van der Waals surface area (Å²) < 4.78 is 0. The molecule has 12 heavy (non-hydrogen) atoms. The predicted octanol–water partition coefficient (Wildman–Crippen LogP) is 3.05. The third-order valence-electron chi connectivity index (χ3n) is 3.45. The van der Waals surface area contributed by atoms with E-state index >= 15 is 0 Å². The van der Waals surface area contributed by atoms with Crippen LogP contribution in [0.4, 0.5) is 0 Å². The SMILES string of the molecule is CCCCN(C)C1(C)CCCC1. The largest absolute Gasteiger partial charge is 0.301 e. The van der Waals surface area contributed by atoms with E-state index in [9.17, 15) is 0 Å². The van der Waals surface area contributed by atoms with E-state index in [0.717, 1.165) is 0 Å². The fourth-order valence-electron chi connectivity index (χ4n) is 2.18. The Labute approximate surface area is 77.1 Å². The van der Waals surface area contributed by atoms with Crippen molar-refractivity contribution in [3.05, 3.63) is 0 Å². The zero-order valence-electron chi connectivity index (χ0n) is 8.90. The maximum Gasteiger partial charge on any atom is 0.0178 e. The second kappa shape index (κ2) is 4.27. The molecule has 0 aliphatic heterocycles. The van der Waals surface area contributed by atoms with Gasteiger partial charge in [0.1, 0.15) is 0 Å². The standard InChI is InChI=1S/C11H23N/c1-4-5-10-12(3)11(2)8-6-7-9-11/h4-10H2,1-3H3. The zero-order valence-corrected chi connectivity index (χ0v) is 8.90. The average Bonchev–Trinajstić information content (AvgIpc) is 2.49. The molecule has 0 aromatic heterocycles. The molecular weight excluding hydrogens is 146 g/mol. The van der Waals surface area contributed by atoms with Crippen molar-refractivity contribution in [1.82, 2.24) is 4.90 Å². The van der Waals surface area contributed by atoms with Crippen molar-refractivity contribution in [3.8, 4) is 0 Å². The Balaban J connectivity index is 2.33. The number of unbranched alkanes of at least 4 members (excludes halogenated alkanes) is 1. The minimum absolute atomic E-state index is 0.537. The van der Waals surface area contributed by atoms with Gasteiger partial charge in [-0.25, -0.2) is 0 Å². The van der Waals surface area contributed by atoms with Gasteiger partial charge < -0.3 is 4.90 Å². The van der Waals surface area contributed by atoms with Crippen molar-refractivity contribution in [2.45, 2.75) is 57.9 Å². The Kier molecular flexibility index (Phi) is 3.57. The van der Waals surface area contributed by atoms with Gasteiger partial charge >= 0.3 is 0 Å². The Morgan fingerprint density at radius 3 is 2.33 bits per heavy atom. The maximum atomic E-state index is 2.57. The van der Waals surface area contributed by atoms with Crippen molar-refractivity contribution in [2.24, 2.45) is 0 Å². The Morgan fingerprint density at radius 2 is 1.83 bits per heavy atom. The van der Waals surface area contributed by atoms with E-state index in [1.165, 1.54) is 45.1 Å². The first kappa shape index (κ1) is 10.0. The van der Waals surface area contributed by atoms with Crippen molar-refractivity contribution in [1.29, 1.82) is 0 Å². The van der Waals surface area contributed by atoms with Crippen LogP contribution < -0.4 is 0 Å². The molecule has 0 amide bonds. The fourth-order valence-corrected chi connectivity index (χ4v) is 2.18. The second-order valence-corrected chi connectivity index (χ2v) is 4.48. The highest BCUT2D eigenvalue weighted by Crippen LogP contribution is 2.33. The molecule has 0 spiro atoms. The van der Waals surface area contributed by atoms with Crippen LogP contribution in [-0.4, -0.2) is 24.0 Å². The molecule has 1 nitrogen and oxygen atoms in total. The van der Waals surface area contributed by atoms with Crippen molar-refractivity contribution >= 4 is 0 Å². The summed E-state index contributed by atoms with van der Waals surface area (Å²) in [7, 11) is 2.29. The smallest absolute Gasteiger partial charge is 0.0178 e. The molecule has 0 aromatic rings. The molecule has 0 radical (unpaired) electrons. The molecular formula is C11H23N. The minimum atomic E-state index is 0.537. The van der Waals surface area contributed by atoms with Crippen molar-refractivity contribution < 1.29 is 0 Å². The van der Waals surface area contributed by atoms with Gasteiger partial charge in [-0.15, -0.1) is 0 Å². The van der Waals surface area contributed by atoms with E-state index in [4.69, 9.17) is 0 Å². The van der Waals surface area contributed by atoms with Gasteiger partial charge in [-0.05, 0) is 39.8 Å². The minimum Gasteiger partial charge on any atom is -0.301 e. The molecule has 72 valence electrons. The molecule has 1 rings (SSSR count). The second-order valence-electron chi connectivity index (χ2n) is 4.48. The number of nitrogens with zero attached hydrogens (tertiary/aromatic N) is 1. The summed E-state index contributed by atoms with van der Waals surface area (Å²) in [6.45, 7) is 5.98. The summed E-state index contributed by atoms with van der Waals surface area (Å²) in [5.41, 5.74) is 0.537. The molecule has 0 unspecified atom stereocenters. The molecule has 0 N–H and O–H groups in total. The van der Waals surface area contributed by atoms with Gasteiger partial charge in [-0.2, -0.15) is 0 Å². The number of hydrogen-bond donors (Lipinski definition) is 0. The van der Waals surface area contributed by atoms with Crippen molar-refractivity contribution in [2.75, 3.05) is 13.6 Å². The topological polar surface area (TPSA) is 3.24 Å². The van der Waals surface area contributed by atoms with E-state index in [1.807, 2.05) is 0 Å². The highest BCUT2D eigenvalue weighted by atomic mass is 15.2. The molecule has 1 fully saturated rings. The van der Waals surface area contributed by atoms with Gasteiger partial charge in [-0.1, -0.05) is 26.2 Å². The lowest BCUT2D eigenvalue weighted by Crippen LogP contribution is -2.41. The first-order valence-electron chi connectivity index (χ1n) is 5.40. The Bertz CT molecular complexity index is 125. The average molecular weight is 169 g/mol. The van der Waals surface area contributed by atoms with Gasteiger partial charge in [0.2, 0.25) is 0 Å². The molecule has 0 atom stereocenters. The third kappa shape index (κ3) is 2.22. The molecule has 1 aliphatic carbocycles. The lowest BCUT2D eigenvalue weighted by molar-refractivity contribution is 0.141. The Hall–Kier alpha value is -0.0400. The van der Waals surface area contributed by atoms with Crippen LogP contribution in [0.5, 0.6) is 0 Å². The van der Waals surface area contributed by atoms with E-state index in [1.54, 1.807) is 0 Å². The van der Waals surface area contributed by atoms with Crippen LogP contribution >= 0.6 is 0 Å². The van der Waals surface area contributed by atoms with E-state index in [0.29, 0.717) is 5.54 Å². The number of rotatable bonds is 4. The van der Waals surface area contributed by atoms with Crippen LogP contribution in [0.1, 0.15) is 52.4 Å². The van der Waals surface area contributed by atoms with Gasteiger partial charge in [-0.3, -0.25) is 0 Å². The fraction of sp³-hybridized carbons (Fsp3) is 1.00. The molecule has 0 heterocycles. The van der Waals surface area contributed by atoms with Gasteiger partial charge in [0, 0.05) is 5.54 Å². The van der Waals surface area contributed by atoms with E-state index < -0.39 is 0 Å². The summed E-state index contributed by atoms with van der Waals surface area (Å²) in [6, 6.07) is 0. The van der Waals surface area contributed by atoms with Crippen LogP contribution in [0.15, 0.2) is 0 Å². The summed E-state index contributed by atoms with van der Waals surface area (Å²) in [5.74, 6) is 0. The molecule has 0 bridgehead atoms. The normalized spacial score (nSPS) is 22.0. The monoisotopic (exact) mass is 169 g/mol. The summed E-state index contributed by atoms with van der Waals surface area (Å²) in [6.07, 6.45) is 8.37. The van der Waals surface area contributed by atoms with Crippen LogP contribution in [0.25, 0.3) is 0 Å². The van der Waals surface area contributed by atoms with Crippen LogP contribution in [0.2, 0.25) is 0 Å². The van der Waals surface area contributed by atoms with Gasteiger partial charge in [0.05, 0.1) is 0 Å². The first-order valence-corrected chi connectivity index (χ1v) is 5.40. The molecule has 1 saturated carbocycles. The Morgan fingerprint density at radius 1 is 1.25 bits per heavy atom. The van der Waals surface area contributed by atoms with Gasteiger partial charge in [0.25, 0.3) is 0 Å². The lowest BCUT2D eigenvalue weighted by atomic mass is 9.98. The van der Waals surface area contributed by atoms with E-state index in [-0.39, 0.29) is 0 Å². The molecule has 1 heteroatoms. The molecule has 1 aliphatic rings. The number of hydrogen-bond acceptors (Lipinski definition) is 1. The third-order valence-corrected chi connectivity index (χ3v) is 3.45. The zero-order chi connectivity index (χ0) is 9.03. The quantitative estimate of drug-likeness (QED) is 0.625. The van der Waals surface area contributed by atoms with Crippen molar-refractivity contribution in [3.63, 3.8) is 0 Å². The summed E-state index contributed by atoms with van der Waals surface area (Å²) in [5, 5.41) is 0. The van der Waals surface area contributed by atoms with Crippen LogP contribution in [-0.2, 0) is 0 Å². The summed E-state index contributed by atoms with van der Waals surface area (Å²) >= 11 is 0. The predicted molar refractivity (Wildman–Crippen MR) is 54.4 cm³/mol. The van der Waals surface area contributed by atoms with Crippen LogP contribution in [0, 0.1) is 0 Å².